The summed E-state index contributed by atoms with van der Waals surface area (Å²) in [6, 6.07) is 12.4. The lowest BCUT2D eigenvalue weighted by Gasteiger charge is -2.11. The summed E-state index contributed by atoms with van der Waals surface area (Å²) in [5.41, 5.74) is 2.31. The molecule has 132 valence electrons. The summed E-state index contributed by atoms with van der Waals surface area (Å²) in [5.74, 6) is 0.595. The summed E-state index contributed by atoms with van der Waals surface area (Å²) < 4.78 is 5.22. The van der Waals surface area contributed by atoms with Gasteiger partial charge in [-0.3, -0.25) is 9.59 Å². The number of amides is 2. The molecule has 0 saturated carbocycles. The average Bonchev–Trinajstić information content (AvgIpc) is 2.57. The van der Waals surface area contributed by atoms with Gasteiger partial charge in [-0.2, -0.15) is 0 Å². The number of ether oxygens (including phenoxy) is 1. The van der Waals surface area contributed by atoms with Crippen molar-refractivity contribution in [2.75, 3.05) is 29.2 Å². The summed E-state index contributed by atoms with van der Waals surface area (Å²) in [5, 5.41) is 6.16. The highest BCUT2D eigenvalue weighted by Crippen LogP contribution is 2.25. The number of rotatable bonds is 7. The topological polar surface area (TPSA) is 67.4 Å². The first-order chi connectivity index (χ1) is 12.0. The molecule has 0 saturated heterocycles. The highest BCUT2D eigenvalue weighted by molar-refractivity contribution is 8.00. The summed E-state index contributed by atoms with van der Waals surface area (Å²) in [4.78, 5) is 23.9. The third-order valence-electron chi connectivity index (χ3n) is 3.22. The van der Waals surface area contributed by atoms with Gasteiger partial charge in [0.1, 0.15) is 5.75 Å². The Labute approximate surface area is 156 Å². The third-order valence-corrected chi connectivity index (χ3v) is 4.41. The van der Waals surface area contributed by atoms with Crippen LogP contribution in [0.4, 0.5) is 11.4 Å². The van der Waals surface area contributed by atoms with Crippen molar-refractivity contribution in [3.8, 4) is 5.75 Å². The minimum atomic E-state index is -0.187. The molecule has 0 aliphatic carbocycles. The number of thioether (sulfide) groups is 1. The van der Waals surface area contributed by atoms with E-state index in [1.807, 2.05) is 19.1 Å². The number of hydrogen-bond donors (Lipinski definition) is 2. The van der Waals surface area contributed by atoms with Crippen molar-refractivity contribution >= 4 is 46.6 Å². The van der Waals surface area contributed by atoms with E-state index in [-0.39, 0.29) is 23.3 Å². The summed E-state index contributed by atoms with van der Waals surface area (Å²) in [7, 11) is 1.55. The molecule has 0 fully saturated rings. The van der Waals surface area contributed by atoms with Gasteiger partial charge in [-0.15, -0.1) is 11.8 Å². The Hall–Kier alpha value is -2.18. The number of benzene rings is 2. The van der Waals surface area contributed by atoms with E-state index < -0.39 is 0 Å². The zero-order chi connectivity index (χ0) is 18.2. The van der Waals surface area contributed by atoms with Gasteiger partial charge in [-0.05, 0) is 48.9 Å². The minimum absolute atomic E-state index is 0.172. The van der Waals surface area contributed by atoms with Crippen LogP contribution in [0.3, 0.4) is 0 Å². The lowest BCUT2D eigenvalue weighted by Crippen LogP contribution is -2.18. The molecule has 0 radical (unpaired) electrons. The van der Waals surface area contributed by atoms with Crippen LogP contribution in [0.2, 0.25) is 5.02 Å². The number of anilines is 2. The molecule has 2 amide bonds. The van der Waals surface area contributed by atoms with Gasteiger partial charge in [-0.1, -0.05) is 17.7 Å². The molecule has 7 heteroatoms. The van der Waals surface area contributed by atoms with E-state index in [1.165, 1.54) is 11.8 Å². The standard InChI is InChI=1S/C18H19ClN2O3S/c1-12-3-8-16(24-2)15(9-12)21-18(23)11-25-10-17(22)20-14-6-4-13(19)5-7-14/h3-9H,10-11H2,1-2H3,(H,20,22)(H,21,23). The maximum atomic E-state index is 12.0. The molecular weight excluding hydrogens is 360 g/mol. The van der Waals surface area contributed by atoms with Crippen molar-refractivity contribution in [1.82, 2.24) is 0 Å². The predicted molar refractivity (Wildman–Crippen MR) is 104 cm³/mol. The van der Waals surface area contributed by atoms with Gasteiger partial charge in [0.05, 0.1) is 24.3 Å². The monoisotopic (exact) mass is 378 g/mol. The smallest absolute Gasteiger partial charge is 0.234 e. The fourth-order valence-corrected chi connectivity index (χ4v) is 2.82. The molecule has 2 aromatic rings. The molecule has 0 atom stereocenters. The van der Waals surface area contributed by atoms with Gasteiger partial charge in [0.15, 0.2) is 0 Å². The predicted octanol–water partition coefficient (Wildman–Crippen LogP) is 3.97. The molecule has 5 nitrogen and oxygen atoms in total. The van der Waals surface area contributed by atoms with E-state index in [2.05, 4.69) is 10.6 Å². The Morgan fingerprint density at radius 1 is 1.04 bits per heavy atom. The zero-order valence-corrected chi connectivity index (χ0v) is 15.5. The molecule has 0 heterocycles. The van der Waals surface area contributed by atoms with Crippen LogP contribution in [-0.4, -0.2) is 30.4 Å². The molecule has 25 heavy (non-hydrogen) atoms. The normalized spacial score (nSPS) is 10.2. The number of hydrogen-bond acceptors (Lipinski definition) is 4. The molecule has 2 N–H and O–H groups in total. The first kappa shape index (κ1) is 19.1. The van der Waals surface area contributed by atoms with Crippen LogP contribution in [0.15, 0.2) is 42.5 Å². The minimum Gasteiger partial charge on any atom is -0.495 e. The fourth-order valence-electron chi connectivity index (χ4n) is 2.07. The van der Waals surface area contributed by atoms with E-state index in [4.69, 9.17) is 16.3 Å². The number of carbonyl (C=O) groups is 2. The molecule has 0 aliphatic heterocycles. The number of nitrogens with one attached hydrogen (secondary N) is 2. The summed E-state index contributed by atoms with van der Waals surface area (Å²) in [6.45, 7) is 1.94. The Balaban J connectivity index is 1.77. The van der Waals surface area contributed by atoms with Crippen LogP contribution in [0.25, 0.3) is 0 Å². The fraction of sp³-hybridized carbons (Fsp3) is 0.222. The van der Waals surface area contributed by atoms with Crippen LogP contribution >= 0.6 is 23.4 Å². The van der Waals surface area contributed by atoms with Gasteiger partial charge in [0, 0.05) is 10.7 Å². The first-order valence-electron chi connectivity index (χ1n) is 7.55. The van der Waals surface area contributed by atoms with Crippen molar-refractivity contribution in [2.45, 2.75) is 6.92 Å². The largest absolute Gasteiger partial charge is 0.495 e. The Morgan fingerprint density at radius 3 is 2.32 bits per heavy atom. The van der Waals surface area contributed by atoms with Crippen molar-refractivity contribution < 1.29 is 14.3 Å². The molecule has 0 unspecified atom stereocenters. The van der Waals surface area contributed by atoms with E-state index in [0.717, 1.165) is 5.56 Å². The number of halogens is 1. The van der Waals surface area contributed by atoms with Gasteiger partial charge < -0.3 is 15.4 Å². The van der Waals surface area contributed by atoms with E-state index in [1.54, 1.807) is 37.4 Å². The van der Waals surface area contributed by atoms with Gasteiger partial charge in [0.2, 0.25) is 11.8 Å². The Kier molecular flexibility index (Phi) is 7.16. The Morgan fingerprint density at radius 2 is 1.68 bits per heavy atom. The summed E-state index contributed by atoms with van der Waals surface area (Å²) >= 11 is 7.03. The maximum absolute atomic E-state index is 12.0. The van der Waals surface area contributed by atoms with Crippen molar-refractivity contribution in [2.24, 2.45) is 0 Å². The molecule has 0 bridgehead atoms. The van der Waals surface area contributed by atoms with Crippen molar-refractivity contribution in [3.63, 3.8) is 0 Å². The molecule has 2 rings (SSSR count). The van der Waals surface area contributed by atoms with Crippen LogP contribution in [0.1, 0.15) is 5.56 Å². The van der Waals surface area contributed by atoms with Crippen molar-refractivity contribution in [1.29, 1.82) is 0 Å². The van der Waals surface area contributed by atoms with Crippen molar-refractivity contribution in [3.05, 3.63) is 53.1 Å². The van der Waals surface area contributed by atoms with Gasteiger partial charge >= 0.3 is 0 Å². The van der Waals surface area contributed by atoms with E-state index in [9.17, 15) is 9.59 Å². The first-order valence-corrected chi connectivity index (χ1v) is 9.09. The van der Waals surface area contributed by atoms with Crippen LogP contribution in [0.5, 0.6) is 5.75 Å². The van der Waals surface area contributed by atoms with E-state index >= 15 is 0 Å². The second kappa shape index (κ2) is 9.34. The zero-order valence-electron chi connectivity index (χ0n) is 14.0. The highest BCUT2D eigenvalue weighted by atomic mass is 35.5. The maximum Gasteiger partial charge on any atom is 0.234 e. The molecular formula is C18H19ClN2O3S. The van der Waals surface area contributed by atoms with Crippen LogP contribution in [-0.2, 0) is 9.59 Å². The number of methoxy groups -OCH3 is 1. The SMILES string of the molecule is COc1ccc(C)cc1NC(=O)CSCC(=O)Nc1ccc(Cl)cc1. The van der Waals surface area contributed by atoms with Crippen LogP contribution in [0, 0.1) is 6.92 Å². The Bertz CT molecular complexity index is 750. The van der Waals surface area contributed by atoms with Crippen LogP contribution < -0.4 is 15.4 Å². The second-order valence-electron chi connectivity index (χ2n) is 5.30. The third kappa shape index (κ3) is 6.32. The highest BCUT2D eigenvalue weighted by Gasteiger charge is 2.09. The molecule has 0 spiro atoms. The number of carbonyl (C=O) groups excluding carboxylic acids is 2. The lowest BCUT2D eigenvalue weighted by atomic mass is 10.2. The van der Waals surface area contributed by atoms with Gasteiger partial charge in [-0.25, -0.2) is 0 Å². The summed E-state index contributed by atoms with van der Waals surface area (Å²) in [6.07, 6.45) is 0. The second-order valence-corrected chi connectivity index (χ2v) is 6.72. The molecule has 2 aromatic carbocycles. The van der Waals surface area contributed by atoms with Gasteiger partial charge in [0.25, 0.3) is 0 Å². The molecule has 0 aliphatic rings. The average molecular weight is 379 g/mol. The lowest BCUT2D eigenvalue weighted by molar-refractivity contribution is -0.114. The number of aryl methyl sites for hydroxylation is 1. The molecule has 0 aromatic heterocycles. The quantitative estimate of drug-likeness (QED) is 0.765. The van der Waals surface area contributed by atoms with E-state index in [0.29, 0.717) is 22.1 Å².